The van der Waals surface area contributed by atoms with Gasteiger partial charge in [-0.25, -0.2) is 0 Å². The second kappa shape index (κ2) is 12.0. The highest BCUT2D eigenvalue weighted by Crippen LogP contribution is 2.59. The minimum absolute atomic E-state index is 0.114. The highest BCUT2D eigenvalue weighted by molar-refractivity contribution is 6.08. The van der Waals surface area contributed by atoms with Crippen molar-refractivity contribution in [2.24, 2.45) is 0 Å². The van der Waals surface area contributed by atoms with Crippen LogP contribution in [0, 0.1) is 0 Å². The molecule has 0 aromatic heterocycles. The van der Waals surface area contributed by atoms with E-state index in [-0.39, 0.29) is 10.8 Å². The molecule has 0 spiro atoms. The van der Waals surface area contributed by atoms with Gasteiger partial charge < -0.3 is 14.4 Å². The topological polar surface area (TPSA) is 21.7 Å². The van der Waals surface area contributed by atoms with Gasteiger partial charge in [-0.05, 0) is 68.8 Å². The molecule has 1 fully saturated rings. The lowest BCUT2D eigenvalue weighted by molar-refractivity contribution is 0.122. The summed E-state index contributed by atoms with van der Waals surface area (Å²) in [5.74, 6) is 0.954. The fourth-order valence-electron chi connectivity index (χ4n) is 8.88. The summed E-state index contributed by atoms with van der Waals surface area (Å²) < 4.78 is 13.2. The van der Waals surface area contributed by atoms with E-state index in [0.29, 0.717) is 0 Å². The number of hydrogen-bond donors (Lipinski definition) is 0. The van der Waals surface area contributed by atoms with Gasteiger partial charge >= 0.3 is 0 Å². The van der Waals surface area contributed by atoms with Crippen molar-refractivity contribution in [1.29, 1.82) is 0 Å². The molecule has 0 bridgehead atoms. The van der Waals surface area contributed by atoms with Crippen LogP contribution in [0.5, 0.6) is 5.75 Å². The summed E-state index contributed by atoms with van der Waals surface area (Å²) in [6.07, 6.45) is 5.58. The number of fused-ring (bicyclic) bond motifs is 8. The Labute approximate surface area is 302 Å². The van der Waals surface area contributed by atoms with Crippen LogP contribution >= 0.6 is 0 Å². The van der Waals surface area contributed by atoms with Crippen LogP contribution in [-0.4, -0.2) is 26.3 Å². The molecule has 51 heavy (non-hydrogen) atoms. The molecule has 3 aliphatic rings. The molecule has 0 N–H and O–H groups in total. The number of nitrogens with zero attached hydrogens (tertiary/aromatic N) is 1. The van der Waals surface area contributed by atoms with E-state index in [0.717, 1.165) is 55.0 Å². The SMILES string of the molecule is CC(C)(C)c1ccc(CC2(C)c3ccccc3-c3c2c2c(c4ccccc34)O[C@@](c3ccccc3)(c3ccc(N4CCOCC4)cc3)C=C2)cc1. The molecule has 1 unspecified atom stereocenters. The van der Waals surface area contributed by atoms with Crippen LogP contribution < -0.4 is 9.64 Å². The first-order chi connectivity index (χ1) is 24.8. The largest absolute Gasteiger partial charge is 0.472 e. The van der Waals surface area contributed by atoms with Gasteiger partial charge in [0.15, 0.2) is 5.60 Å². The Hall–Kier alpha value is -5.12. The summed E-state index contributed by atoms with van der Waals surface area (Å²) in [6.45, 7) is 12.6. The third kappa shape index (κ3) is 5.13. The van der Waals surface area contributed by atoms with Gasteiger partial charge in [-0.2, -0.15) is 0 Å². The van der Waals surface area contributed by atoms with E-state index in [1.165, 1.54) is 50.0 Å². The van der Waals surface area contributed by atoms with E-state index >= 15 is 0 Å². The monoisotopic (exact) mass is 667 g/mol. The molecule has 6 aromatic carbocycles. The van der Waals surface area contributed by atoms with Crippen molar-refractivity contribution in [1.82, 2.24) is 0 Å². The molecule has 6 aromatic rings. The highest BCUT2D eigenvalue weighted by atomic mass is 16.5. The normalized spacial score (nSPS) is 20.8. The van der Waals surface area contributed by atoms with Crippen LogP contribution in [0.25, 0.3) is 28.0 Å². The summed E-state index contributed by atoms with van der Waals surface area (Å²) in [5, 5.41) is 2.39. The molecule has 2 aliphatic heterocycles. The zero-order valence-corrected chi connectivity index (χ0v) is 30.1. The molecule has 0 radical (unpaired) electrons. The Morgan fingerprint density at radius 2 is 1.33 bits per heavy atom. The standard InChI is InChI=1S/C48H45NO2/c1-46(2,3)34-20-18-33(19-21-34)32-47(4)42-17-11-10-16-40(42)43-38-14-8-9-15-39(38)45-41(44(43)47)26-27-48(51-45,35-12-6-5-7-13-35)36-22-24-37(25-23-36)49-28-30-50-31-29-49/h5-27H,28-32H2,1-4H3/t47?,48-/m0/s1. The van der Waals surface area contributed by atoms with E-state index in [1.54, 1.807) is 0 Å². The molecule has 1 saturated heterocycles. The molecule has 2 heterocycles. The van der Waals surface area contributed by atoms with Crippen LogP contribution in [0.4, 0.5) is 5.69 Å². The summed E-state index contributed by atoms with van der Waals surface area (Å²) in [6, 6.07) is 46.9. The average Bonchev–Trinajstić information content (AvgIpc) is 3.43. The number of hydrogen-bond acceptors (Lipinski definition) is 3. The minimum atomic E-state index is -0.792. The van der Waals surface area contributed by atoms with Gasteiger partial charge in [-0.1, -0.05) is 149 Å². The third-order valence-electron chi connectivity index (χ3n) is 11.5. The molecule has 3 heteroatoms. The molecule has 1 aliphatic carbocycles. The second-order valence-electron chi connectivity index (χ2n) is 15.7. The fourth-order valence-corrected chi connectivity index (χ4v) is 8.88. The summed E-state index contributed by atoms with van der Waals surface area (Å²) in [5.41, 5.74) is 11.8. The first-order valence-electron chi connectivity index (χ1n) is 18.4. The minimum Gasteiger partial charge on any atom is -0.472 e. The molecule has 3 nitrogen and oxygen atoms in total. The first-order valence-corrected chi connectivity index (χ1v) is 18.4. The van der Waals surface area contributed by atoms with Crippen LogP contribution in [0.15, 0.2) is 133 Å². The van der Waals surface area contributed by atoms with Crippen molar-refractivity contribution in [3.63, 3.8) is 0 Å². The van der Waals surface area contributed by atoms with Crippen LogP contribution in [-0.2, 0) is 27.6 Å². The van der Waals surface area contributed by atoms with Crippen molar-refractivity contribution in [3.05, 3.63) is 172 Å². The van der Waals surface area contributed by atoms with Crippen LogP contribution in [0.3, 0.4) is 0 Å². The van der Waals surface area contributed by atoms with Crippen molar-refractivity contribution in [2.75, 3.05) is 31.2 Å². The first kappa shape index (κ1) is 31.8. The molecule has 9 rings (SSSR count). The quantitative estimate of drug-likeness (QED) is 0.183. The average molecular weight is 668 g/mol. The van der Waals surface area contributed by atoms with Gasteiger partial charge in [0, 0.05) is 46.3 Å². The van der Waals surface area contributed by atoms with E-state index in [9.17, 15) is 0 Å². The zero-order chi connectivity index (χ0) is 34.8. The lowest BCUT2D eigenvalue weighted by atomic mass is 9.72. The lowest BCUT2D eigenvalue weighted by Crippen LogP contribution is -2.37. The zero-order valence-electron chi connectivity index (χ0n) is 30.1. The molecule has 0 saturated carbocycles. The maximum atomic E-state index is 7.59. The number of anilines is 1. The highest BCUT2D eigenvalue weighted by Gasteiger charge is 2.46. The molecular formula is C48H45NO2. The summed E-state index contributed by atoms with van der Waals surface area (Å²) >= 11 is 0. The van der Waals surface area contributed by atoms with Gasteiger partial charge in [0.25, 0.3) is 0 Å². The molecule has 0 amide bonds. The Morgan fingerprint density at radius 1 is 0.686 bits per heavy atom. The van der Waals surface area contributed by atoms with Gasteiger partial charge in [-0.15, -0.1) is 0 Å². The van der Waals surface area contributed by atoms with Gasteiger partial charge in [-0.3, -0.25) is 0 Å². The number of benzene rings is 6. The summed E-state index contributed by atoms with van der Waals surface area (Å²) in [7, 11) is 0. The second-order valence-corrected chi connectivity index (χ2v) is 15.7. The summed E-state index contributed by atoms with van der Waals surface area (Å²) in [4.78, 5) is 2.40. The van der Waals surface area contributed by atoms with Crippen molar-refractivity contribution >= 4 is 22.5 Å². The fraction of sp³-hybridized carbons (Fsp3) is 0.250. The number of morpholine rings is 1. The third-order valence-corrected chi connectivity index (χ3v) is 11.5. The maximum Gasteiger partial charge on any atom is 0.178 e. The van der Waals surface area contributed by atoms with Crippen molar-refractivity contribution in [3.8, 4) is 16.9 Å². The Balaban J connectivity index is 1.24. The molecular weight excluding hydrogens is 623 g/mol. The van der Waals surface area contributed by atoms with Crippen molar-refractivity contribution in [2.45, 2.75) is 50.5 Å². The Morgan fingerprint density at radius 3 is 2.06 bits per heavy atom. The van der Waals surface area contributed by atoms with Gasteiger partial charge in [0.2, 0.25) is 0 Å². The molecule has 254 valence electrons. The van der Waals surface area contributed by atoms with Crippen molar-refractivity contribution < 1.29 is 9.47 Å². The predicted octanol–water partition coefficient (Wildman–Crippen LogP) is 10.9. The lowest BCUT2D eigenvalue weighted by Gasteiger charge is -2.39. The smallest absolute Gasteiger partial charge is 0.178 e. The van der Waals surface area contributed by atoms with Gasteiger partial charge in [0.05, 0.1) is 13.2 Å². The van der Waals surface area contributed by atoms with E-state index in [1.807, 2.05) is 0 Å². The Kier molecular flexibility index (Phi) is 7.49. The number of rotatable bonds is 5. The van der Waals surface area contributed by atoms with Crippen LogP contribution in [0.1, 0.15) is 66.6 Å². The van der Waals surface area contributed by atoms with Crippen LogP contribution in [0.2, 0.25) is 0 Å². The number of ether oxygens (including phenoxy) is 2. The Bertz CT molecular complexity index is 2270. The predicted molar refractivity (Wildman–Crippen MR) is 211 cm³/mol. The molecule has 2 atom stereocenters. The van der Waals surface area contributed by atoms with E-state index in [4.69, 9.17) is 9.47 Å². The maximum absolute atomic E-state index is 7.59. The van der Waals surface area contributed by atoms with E-state index < -0.39 is 5.60 Å². The van der Waals surface area contributed by atoms with E-state index in [2.05, 4.69) is 172 Å². The van der Waals surface area contributed by atoms with Gasteiger partial charge in [0.1, 0.15) is 5.75 Å².